The first-order valence-corrected chi connectivity index (χ1v) is 17.5. The van der Waals surface area contributed by atoms with E-state index >= 15 is 0 Å². The lowest BCUT2D eigenvalue weighted by molar-refractivity contribution is -0.146. The first-order valence-electron chi connectivity index (χ1n) is 17.5. The molecule has 0 radical (unpaired) electrons. The highest BCUT2D eigenvalue weighted by atomic mass is 16.6. The predicted octanol–water partition coefficient (Wildman–Crippen LogP) is 12.4. The molecule has 0 N–H and O–H groups in total. The van der Waals surface area contributed by atoms with Crippen molar-refractivity contribution in [2.75, 3.05) is 13.2 Å². The summed E-state index contributed by atoms with van der Waals surface area (Å²) in [7, 11) is 0. The number of carbonyl (C=O) groups excluding carboxylic acids is 2. The summed E-state index contributed by atoms with van der Waals surface area (Å²) >= 11 is 0. The van der Waals surface area contributed by atoms with Crippen molar-refractivity contribution in [3.63, 3.8) is 0 Å². The lowest BCUT2D eigenvalue weighted by atomic mass is 10.0. The fourth-order valence-electron chi connectivity index (χ4n) is 4.78. The van der Waals surface area contributed by atoms with E-state index in [1.165, 1.54) is 45.9 Å². The molecule has 258 valence electrons. The van der Waals surface area contributed by atoms with Crippen LogP contribution in [-0.2, 0) is 19.1 Å². The van der Waals surface area contributed by atoms with Gasteiger partial charge in [-0.2, -0.15) is 0 Å². The van der Waals surface area contributed by atoms with Gasteiger partial charge < -0.3 is 9.47 Å². The van der Waals surface area contributed by atoms with Crippen molar-refractivity contribution in [2.24, 2.45) is 0 Å². The molecule has 4 heteroatoms. The Labute approximate surface area is 283 Å². The van der Waals surface area contributed by atoms with E-state index in [1.807, 2.05) is 13.0 Å². The van der Waals surface area contributed by atoms with Gasteiger partial charge in [-0.15, -0.1) is 0 Å². The normalized spacial score (nSPS) is 13.4. The zero-order valence-electron chi connectivity index (χ0n) is 31.2. The van der Waals surface area contributed by atoms with Crippen LogP contribution in [0.25, 0.3) is 0 Å². The van der Waals surface area contributed by atoms with Gasteiger partial charge in [0.2, 0.25) is 0 Å². The second-order valence-electron chi connectivity index (χ2n) is 12.8. The molecule has 0 rings (SSSR count). The Hall–Kier alpha value is -3.14. The molecule has 0 aromatic heterocycles. The minimum atomic E-state index is -0.649. The molecule has 0 aliphatic rings. The molecule has 0 amide bonds. The molecule has 0 aliphatic heterocycles. The maximum atomic E-state index is 12.1. The Kier molecular flexibility index (Phi) is 25.2. The average Bonchev–Trinajstić information content (AvgIpc) is 2.97. The zero-order chi connectivity index (χ0) is 34.7. The lowest BCUT2D eigenvalue weighted by Crippen LogP contribution is -2.18. The quantitative estimate of drug-likeness (QED) is 0.0280. The van der Waals surface area contributed by atoms with Crippen molar-refractivity contribution in [2.45, 2.75) is 146 Å². The van der Waals surface area contributed by atoms with Crippen LogP contribution in [-0.4, -0.2) is 25.2 Å². The largest absolute Gasteiger partial charge is 0.462 e. The second kappa shape index (κ2) is 27.0. The highest BCUT2D eigenvalue weighted by Crippen LogP contribution is 2.17. The van der Waals surface area contributed by atoms with E-state index in [0.717, 1.165) is 76.2 Å². The van der Waals surface area contributed by atoms with Crippen molar-refractivity contribution in [3.05, 3.63) is 93.2 Å². The minimum Gasteiger partial charge on any atom is -0.462 e. The van der Waals surface area contributed by atoms with Gasteiger partial charge in [0.1, 0.15) is 5.57 Å². The summed E-state index contributed by atoms with van der Waals surface area (Å²) in [5, 5.41) is 0. The average molecular weight is 635 g/mol. The van der Waals surface area contributed by atoms with Crippen molar-refractivity contribution >= 4 is 11.9 Å². The number of hydrogen-bond donors (Lipinski definition) is 0. The molecule has 0 fully saturated rings. The van der Waals surface area contributed by atoms with Crippen molar-refractivity contribution in [1.29, 1.82) is 0 Å². The first kappa shape index (κ1) is 42.9. The van der Waals surface area contributed by atoms with E-state index in [9.17, 15) is 9.59 Å². The number of allylic oxidation sites excluding steroid dienone is 15. The molecule has 0 spiro atoms. The van der Waals surface area contributed by atoms with Crippen LogP contribution in [0.2, 0.25) is 0 Å². The molecule has 0 saturated heterocycles. The summed E-state index contributed by atoms with van der Waals surface area (Å²) in [4.78, 5) is 24.2. The zero-order valence-corrected chi connectivity index (χ0v) is 31.2. The van der Waals surface area contributed by atoms with Gasteiger partial charge in [-0.05, 0) is 152 Å². The molecular formula is C42H66O4. The number of hydrogen-bond acceptors (Lipinski definition) is 4. The Balaban J connectivity index is 4.48. The minimum absolute atomic E-state index is 0.0687. The van der Waals surface area contributed by atoms with Crippen molar-refractivity contribution < 1.29 is 19.1 Å². The van der Waals surface area contributed by atoms with Crippen molar-refractivity contribution in [3.8, 4) is 0 Å². The molecule has 0 saturated carbocycles. The number of rotatable bonds is 23. The van der Waals surface area contributed by atoms with Gasteiger partial charge in [0.25, 0.3) is 0 Å². The molecule has 4 nitrogen and oxygen atoms in total. The van der Waals surface area contributed by atoms with Crippen LogP contribution in [0.1, 0.15) is 146 Å². The standard InChI is InChI=1S/C42H66O4/c1-11-45-41(43)40(42(44)46-12-2)32-31-39(10)30-18-29-38(9)28-17-27-37(8)26-16-25-36(7)24-15-23-35(6)22-14-21-34(5)20-13-19-33(3)4/h19,21,23,25,27,29,31-32H,11-18,20,22,24,26,28,30H2,1-10H3/b34-21+,35-23+,36-25-,37-27-,38-29-,39-31-. The highest BCUT2D eigenvalue weighted by molar-refractivity contribution is 6.14. The van der Waals surface area contributed by atoms with Gasteiger partial charge in [-0.25, -0.2) is 9.59 Å². The molecule has 0 aromatic rings. The molecule has 0 aliphatic carbocycles. The highest BCUT2D eigenvalue weighted by Gasteiger charge is 2.19. The Morgan fingerprint density at radius 2 is 0.696 bits per heavy atom. The monoisotopic (exact) mass is 634 g/mol. The van der Waals surface area contributed by atoms with Gasteiger partial charge in [-0.1, -0.05) is 81.5 Å². The van der Waals surface area contributed by atoms with Gasteiger partial charge >= 0.3 is 11.9 Å². The SMILES string of the molecule is CCOC(=O)C(=C/C=C(/C)CC/C=C(/C)CC/C=C(/C)CC/C=C(/C)CC/C=C(\C)CC/C=C(\C)CCC=C(C)C)C(=O)OCC. The van der Waals surface area contributed by atoms with Gasteiger partial charge in [0, 0.05) is 0 Å². The number of carbonyl (C=O) groups is 2. The van der Waals surface area contributed by atoms with Gasteiger partial charge in [0.15, 0.2) is 0 Å². The molecular weight excluding hydrogens is 568 g/mol. The Bertz CT molecular complexity index is 1140. The van der Waals surface area contributed by atoms with E-state index in [-0.39, 0.29) is 18.8 Å². The number of ether oxygens (including phenoxy) is 2. The summed E-state index contributed by atoms with van der Waals surface area (Å²) in [6.07, 6.45) is 30.6. The number of esters is 2. The van der Waals surface area contributed by atoms with E-state index in [1.54, 1.807) is 13.8 Å². The molecule has 46 heavy (non-hydrogen) atoms. The third-order valence-corrected chi connectivity index (χ3v) is 7.77. The van der Waals surface area contributed by atoms with Crippen LogP contribution < -0.4 is 0 Å². The predicted molar refractivity (Wildman–Crippen MR) is 199 cm³/mol. The summed E-state index contributed by atoms with van der Waals surface area (Å²) < 4.78 is 9.98. The molecule has 0 aromatic carbocycles. The fraction of sp³-hybridized carbons (Fsp3) is 0.571. The third-order valence-electron chi connectivity index (χ3n) is 7.77. The maximum absolute atomic E-state index is 12.1. The van der Waals surface area contributed by atoms with Crippen LogP contribution in [0.3, 0.4) is 0 Å². The van der Waals surface area contributed by atoms with Gasteiger partial charge in [-0.3, -0.25) is 0 Å². The smallest absolute Gasteiger partial charge is 0.345 e. The maximum Gasteiger partial charge on any atom is 0.345 e. The summed E-state index contributed by atoms with van der Waals surface area (Å²) in [5.74, 6) is -1.30. The summed E-state index contributed by atoms with van der Waals surface area (Å²) in [6, 6.07) is 0. The third kappa shape index (κ3) is 24.1. The lowest BCUT2D eigenvalue weighted by Gasteiger charge is -2.06. The van der Waals surface area contributed by atoms with E-state index in [4.69, 9.17) is 9.47 Å². The van der Waals surface area contributed by atoms with Crippen LogP contribution >= 0.6 is 0 Å². The topological polar surface area (TPSA) is 52.6 Å². The molecule has 0 heterocycles. The van der Waals surface area contributed by atoms with Crippen LogP contribution in [0.15, 0.2) is 93.2 Å². The van der Waals surface area contributed by atoms with Crippen LogP contribution in [0, 0.1) is 0 Å². The van der Waals surface area contributed by atoms with E-state index in [2.05, 4.69) is 84.9 Å². The molecule has 0 atom stereocenters. The van der Waals surface area contributed by atoms with Gasteiger partial charge in [0.05, 0.1) is 13.2 Å². The summed E-state index contributed by atoms with van der Waals surface area (Å²) in [6.45, 7) is 21.4. The summed E-state index contributed by atoms with van der Waals surface area (Å²) in [5.41, 5.74) is 9.77. The van der Waals surface area contributed by atoms with Crippen molar-refractivity contribution in [1.82, 2.24) is 0 Å². The Morgan fingerprint density at radius 1 is 0.413 bits per heavy atom. The van der Waals surface area contributed by atoms with Crippen LogP contribution in [0.5, 0.6) is 0 Å². The van der Waals surface area contributed by atoms with E-state index < -0.39 is 11.9 Å². The molecule has 0 bridgehead atoms. The van der Waals surface area contributed by atoms with Crippen LogP contribution in [0.4, 0.5) is 0 Å². The molecule has 0 unspecified atom stereocenters. The Morgan fingerprint density at radius 3 is 0.978 bits per heavy atom. The second-order valence-corrected chi connectivity index (χ2v) is 12.8. The first-order chi connectivity index (χ1) is 21.9. The van der Waals surface area contributed by atoms with E-state index in [0.29, 0.717) is 0 Å². The fourth-order valence-corrected chi connectivity index (χ4v) is 4.78.